The number of carbonyl (C=O) groups excluding carboxylic acids is 1. The molecule has 0 aliphatic heterocycles. The molecular formula is C12H15BrO4. The van der Waals surface area contributed by atoms with Crippen LogP contribution in [0.4, 0.5) is 0 Å². The van der Waals surface area contributed by atoms with Gasteiger partial charge < -0.3 is 14.2 Å². The van der Waals surface area contributed by atoms with Gasteiger partial charge in [-0.15, -0.1) is 0 Å². The molecule has 0 aromatic heterocycles. The lowest BCUT2D eigenvalue weighted by atomic mass is 10.2. The van der Waals surface area contributed by atoms with Gasteiger partial charge >= 0.3 is 5.97 Å². The Kier molecular flexibility index (Phi) is 6.00. The summed E-state index contributed by atoms with van der Waals surface area (Å²) in [6.07, 6.45) is 0. The van der Waals surface area contributed by atoms with E-state index >= 15 is 0 Å². The van der Waals surface area contributed by atoms with Gasteiger partial charge in [0.1, 0.15) is 17.9 Å². The van der Waals surface area contributed by atoms with E-state index in [1.807, 2.05) is 6.92 Å². The molecule has 1 rings (SSSR count). The van der Waals surface area contributed by atoms with Crippen molar-refractivity contribution in [3.05, 3.63) is 28.2 Å². The first-order valence-corrected chi connectivity index (χ1v) is 6.06. The van der Waals surface area contributed by atoms with Gasteiger partial charge in [-0.05, 0) is 25.1 Å². The van der Waals surface area contributed by atoms with E-state index in [1.54, 1.807) is 18.2 Å². The first-order valence-electron chi connectivity index (χ1n) is 5.27. The van der Waals surface area contributed by atoms with Crippen LogP contribution in [0.25, 0.3) is 0 Å². The van der Waals surface area contributed by atoms with Crippen molar-refractivity contribution < 1.29 is 19.0 Å². The van der Waals surface area contributed by atoms with E-state index in [-0.39, 0.29) is 0 Å². The molecule has 0 amide bonds. The summed E-state index contributed by atoms with van der Waals surface area (Å²) < 4.78 is 16.2. The molecule has 5 heteroatoms. The molecule has 4 nitrogen and oxygen atoms in total. The molecule has 0 aliphatic carbocycles. The summed E-state index contributed by atoms with van der Waals surface area (Å²) in [5.74, 6) is 0.0786. The molecule has 0 N–H and O–H groups in total. The van der Waals surface area contributed by atoms with Gasteiger partial charge in [-0.25, -0.2) is 4.79 Å². The summed E-state index contributed by atoms with van der Waals surface area (Å²) in [6, 6.07) is 5.16. The number of benzene rings is 1. The number of hydrogen-bond acceptors (Lipinski definition) is 4. The molecule has 1 aromatic carbocycles. The van der Waals surface area contributed by atoms with Crippen molar-refractivity contribution in [2.24, 2.45) is 0 Å². The predicted octanol–water partition coefficient (Wildman–Crippen LogP) is 2.65. The summed E-state index contributed by atoms with van der Waals surface area (Å²) in [7, 11) is 1.34. The lowest BCUT2D eigenvalue weighted by molar-refractivity contribution is 0.0592. The molecule has 1 aromatic rings. The van der Waals surface area contributed by atoms with E-state index < -0.39 is 5.97 Å². The Morgan fingerprint density at radius 2 is 2.12 bits per heavy atom. The normalized spacial score (nSPS) is 10.1. The Morgan fingerprint density at radius 1 is 1.35 bits per heavy atom. The Morgan fingerprint density at radius 3 is 2.76 bits per heavy atom. The van der Waals surface area contributed by atoms with Crippen molar-refractivity contribution in [1.29, 1.82) is 0 Å². The van der Waals surface area contributed by atoms with Crippen molar-refractivity contribution in [2.45, 2.75) is 6.92 Å². The minimum Gasteiger partial charge on any atom is -0.490 e. The Bertz CT molecular complexity index is 379. The molecule has 0 heterocycles. The number of hydrogen-bond donors (Lipinski definition) is 0. The molecular weight excluding hydrogens is 288 g/mol. The zero-order valence-corrected chi connectivity index (χ0v) is 11.5. The lowest BCUT2D eigenvalue weighted by Gasteiger charge is -2.10. The van der Waals surface area contributed by atoms with Crippen LogP contribution in [0.15, 0.2) is 22.7 Å². The van der Waals surface area contributed by atoms with Gasteiger partial charge in [0.15, 0.2) is 0 Å². The molecule has 0 saturated heterocycles. The molecule has 0 radical (unpaired) electrons. The van der Waals surface area contributed by atoms with Gasteiger partial charge in [0, 0.05) is 11.1 Å². The van der Waals surface area contributed by atoms with Crippen LogP contribution in [0.1, 0.15) is 17.3 Å². The number of halogens is 1. The van der Waals surface area contributed by atoms with E-state index in [0.717, 1.165) is 4.47 Å². The fourth-order valence-electron chi connectivity index (χ4n) is 1.25. The van der Waals surface area contributed by atoms with Crippen LogP contribution in [0, 0.1) is 0 Å². The van der Waals surface area contributed by atoms with Crippen molar-refractivity contribution in [1.82, 2.24) is 0 Å². The van der Waals surface area contributed by atoms with Crippen LogP contribution in [-0.4, -0.2) is 32.9 Å². The van der Waals surface area contributed by atoms with Crippen LogP contribution in [0.2, 0.25) is 0 Å². The molecule has 0 aliphatic rings. The van der Waals surface area contributed by atoms with Crippen molar-refractivity contribution in [3.8, 4) is 5.75 Å². The first kappa shape index (κ1) is 14.0. The zero-order valence-electron chi connectivity index (χ0n) is 9.86. The summed E-state index contributed by atoms with van der Waals surface area (Å²) in [6.45, 7) is 3.45. The molecule has 0 bridgehead atoms. The number of carbonyl (C=O) groups is 1. The van der Waals surface area contributed by atoms with Gasteiger partial charge in [-0.3, -0.25) is 0 Å². The number of esters is 1. The first-order chi connectivity index (χ1) is 8.19. The smallest absolute Gasteiger partial charge is 0.341 e. The Balaban J connectivity index is 2.73. The number of ether oxygens (including phenoxy) is 3. The molecule has 0 unspecified atom stereocenters. The van der Waals surface area contributed by atoms with Crippen molar-refractivity contribution >= 4 is 21.9 Å². The summed E-state index contributed by atoms with van der Waals surface area (Å²) in [5, 5.41) is 0. The molecule has 0 spiro atoms. The fourth-order valence-corrected chi connectivity index (χ4v) is 1.59. The van der Waals surface area contributed by atoms with Crippen LogP contribution < -0.4 is 4.74 Å². The second-order valence-electron chi connectivity index (χ2n) is 3.18. The maximum absolute atomic E-state index is 11.5. The largest absolute Gasteiger partial charge is 0.490 e. The minimum atomic E-state index is -0.413. The Labute approximate surface area is 109 Å². The van der Waals surface area contributed by atoms with Gasteiger partial charge in [0.05, 0.1) is 13.7 Å². The third-order valence-corrected chi connectivity index (χ3v) is 2.53. The van der Waals surface area contributed by atoms with Gasteiger partial charge in [0.25, 0.3) is 0 Å². The van der Waals surface area contributed by atoms with Crippen LogP contribution >= 0.6 is 15.9 Å². The summed E-state index contributed by atoms with van der Waals surface area (Å²) >= 11 is 3.33. The Hall–Kier alpha value is -1.07. The monoisotopic (exact) mass is 302 g/mol. The highest BCUT2D eigenvalue weighted by Gasteiger charge is 2.13. The maximum atomic E-state index is 11.5. The zero-order chi connectivity index (χ0) is 12.7. The number of methoxy groups -OCH3 is 1. The molecule has 0 atom stereocenters. The van der Waals surface area contributed by atoms with Gasteiger partial charge in [-0.2, -0.15) is 0 Å². The predicted molar refractivity (Wildman–Crippen MR) is 67.5 cm³/mol. The molecule has 0 fully saturated rings. The highest BCUT2D eigenvalue weighted by molar-refractivity contribution is 9.10. The summed E-state index contributed by atoms with van der Waals surface area (Å²) in [5.41, 5.74) is 0.409. The SMILES string of the molecule is CCOCCOc1cc(Br)ccc1C(=O)OC. The molecule has 0 saturated carbocycles. The standard InChI is InChI=1S/C12H15BrO4/c1-3-16-6-7-17-11-8-9(13)4-5-10(11)12(14)15-2/h4-5,8H,3,6-7H2,1-2H3. The second kappa shape index (κ2) is 7.29. The van der Waals surface area contributed by atoms with Gasteiger partial charge in [0.2, 0.25) is 0 Å². The van der Waals surface area contributed by atoms with Crippen LogP contribution in [-0.2, 0) is 9.47 Å². The van der Waals surface area contributed by atoms with Crippen molar-refractivity contribution in [2.75, 3.05) is 26.9 Å². The van der Waals surface area contributed by atoms with Crippen LogP contribution in [0.3, 0.4) is 0 Å². The van der Waals surface area contributed by atoms with E-state index in [4.69, 9.17) is 9.47 Å². The maximum Gasteiger partial charge on any atom is 0.341 e. The fraction of sp³-hybridized carbons (Fsp3) is 0.417. The van der Waals surface area contributed by atoms with Crippen LogP contribution in [0.5, 0.6) is 5.75 Å². The van der Waals surface area contributed by atoms with Gasteiger partial charge in [-0.1, -0.05) is 15.9 Å². The third kappa shape index (κ3) is 4.36. The summed E-state index contributed by atoms with van der Waals surface area (Å²) in [4.78, 5) is 11.5. The van der Waals surface area contributed by atoms with E-state index in [0.29, 0.717) is 31.1 Å². The van der Waals surface area contributed by atoms with Crippen molar-refractivity contribution in [3.63, 3.8) is 0 Å². The molecule has 17 heavy (non-hydrogen) atoms. The minimum absolute atomic E-state index is 0.397. The lowest BCUT2D eigenvalue weighted by Crippen LogP contribution is -2.10. The average molecular weight is 303 g/mol. The molecule has 94 valence electrons. The van der Waals surface area contributed by atoms with E-state index in [1.165, 1.54) is 7.11 Å². The highest BCUT2D eigenvalue weighted by Crippen LogP contribution is 2.24. The van der Waals surface area contributed by atoms with E-state index in [9.17, 15) is 4.79 Å². The quantitative estimate of drug-likeness (QED) is 0.598. The average Bonchev–Trinajstić information content (AvgIpc) is 2.34. The second-order valence-corrected chi connectivity index (χ2v) is 4.09. The number of rotatable bonds is 6. The van der Waals surface area contributed by atoms with E-state index in [2.05, 4.69) is 20.7 Å². The highest BCUT2D eigenvalue weighted by atomic mass is 79.9. The third-order valence-electron chi connectivity index (χ3n) is 2.04. The topological polar surface area (TPSA) is 44.8 Å².